The van der Waals surface area contributed by atoms with Gasteiger partial charge >= 0.3 is 6.09 Å². The van der Waals surface area contributed by atoms with Crippen molar-refractivity contribution in [1.82, 2.24) is 24.9 Å². The van der Waals surface area contributed by atoms with Crippen LogP contribution in [0.5, 0.6) is 5.75 Å². The minimum absolute atomic E-state index is 0.00685. The zero-order valence-corrected chi connectivity index (χ0v) is 21.1. The number of para-hydroxylation sites is 1. The lowest BCUT2D eigenvalue weighted by Gasteiger charge is -2.38. The number of alkyl halides is 2. The Kier molecular flexibility index (Phi) is 7.30. The molecule has 0 spiro atoms. The second-order valence-electron chi connectivity index (χ2n) is 9.75. The normalized spacial score (nSPS) is 17.5. The number of carbonyl (C=O) groups is 1. The number of amides is 1. The number of anilines is 1. The number of halogens is 2. The number of piperidine rings is 1. The van der Waals surface area contributed by atoms with Crippen LogP contribution in [0.2, 0.25) is 0 Å². The fourth-order valence-electron chi connectivity index (χ4n) is 4.07. The van der Waals surface area contributed by atoms with Crippen LogP contribution in [0.3, 0.4) is 0 Å². The molecule has 3 heterocycles. The zero-order valence-electron chi connectivity index (χ0n) is 21.1. The molecule has 0 aliphatic carbocycles. The summed E-state index contributed by atoms with van der Waals surface area (Å²) < 4.78 is 47.4. The van der Waals surface area contributed by atoms with Crippen molar-refractivity contribution in [3.8, 4) is 28.1 Å². The third-order valence-electron chi connectivity index (χ3n) is 5.76. The number of aromatic nitrogens is 4. The molecule has 10 nitrogen and oxygen atoms in total. The number of carbonyl (C=O) groups excluding carboxylic acids is 1. The van der Waals surface area contributed by atoms with Gasteiger partial charge in [-0.2, -0.15) is 5.10 Å². The predicted molar refractivity (Wildman–Crippen MR) is 132 cm³/mol. The van der Waals surface area contributed by atoms with Gasteiger partial charge in [0.25, 0.3) is 5.92 Å². The van der Waals surface area contributed by atoms with Gasteiger partial charge in [-0.05, 0) is 45.4 Å². The van der Waals surface area contributed by atoms with Gasteiger partial charge in [0.2, 0.25) is 0 Å². The van der Waals surface area contributed by atoms with Gasteiger partial charge in [0, 0.05) is 36.5 Å². The second kappa shape index (κ2) is 10.3. The average molecular weight is 517 g/mol. The number of hydrogen-bond acceptors (Lipinski definition) is 8. The molecule has 0 saturated carbocycles. The maximum Gasteiger partial charge on any atom is 0.410 e. The van der Waals surface area contributed by atoms with Crippen LogP contribution in [0.25, 0.3) is 22.4 Å². The van der Waals surface area contributed by atoms with Gasteiger partial charge in [-0.25, -0.2) is 13.6 Å². The number of nitrogen functional groups attached to an aromatic ring is 1. The van der Waals surface area contributed by atoms with Gasteiger partial charge in [-0.15, -0.1) is 10.2 Å². The Morgan fingerprint density at radius 1 is 1.22 bits per heavy atom. The summed E-state index contributed by atoms with van der Waals surface area (Å²) in [6.45, 7) is 4.49. The molecule has 2 aromatic heterocycles. The third-order valence-corrected chi connectivity index (χ3v) is 5.76. The molecule has 2 N–H and O–H groups in total. The molecule has 0 bridgehead atoms. The molecule has 1 atom stereocenters. The largest absolute Gasteiger partial charge is 0.467 e. The molecule has 12 heteroatoms. The molecule has 1 unspecified atom stereocenters. The quantitative estimate of drug-likeness (QED) is 0.480. The second-order valence-corrected chi connectivity index (χ2v) is 9.75. The number of rotatable bonds is 6. The van der Waals surface area contributed by atoms with E-state index in [1.165, 1.54) is 24.2 Å². The summed E-state index contributed by atoms with van der Waals surface area (Å²) in [6, 6.07) is 7.71. The first kappa shape index (κ1) is 26.3. The summed E-state index contributed by atoms with van der Waals surface area (Å²) in [7, 11) is 1.52. The molecule has 0 radical (unpaired) electrons. The van der Waals surface area contributed by atoms with Crippen molar-refractivity contribution in [1.29, 1.82) is 0 Å². The summed E-state index contributed by atoms with van der Waals surface area (Å²) in [5.41, 5.74) is 7.48. The van der Waals surface area contributed by atoms with E-state index in [0.29, 0.717) is 28.1 Å². The molecule has 4 rings (SSSR count). The lowest BCUT2D eigenvalue weighted by atomic mass is 10.0. The standard InChI is InChI=1S/C25H30F2N6O4/c1-24(2,3)37-23(34)32-10-9-21(25(26,27)14-32)33-13-16(12-29-33)18-11-19(30-31-22(18)28)17-7-5-6-8-20(17)36-15-35-4/h5-8,11-13,21H,9-10,14-15H2,1-4H3,(H2,28,31). The van der Waals surface area contributed by atoms with Crippen LogP contribution >= 0.6 is 0 Å². The molecule has 1 aromatic carbocycles. The lowest BCUT2D eigenvalue weighted by molar-refractivity contribution is -0.106. The van der Waals surface area contributed by atoms with Gasteiger partial charge in [-0.1, -0.05) is 12.1 Å². The first-order valence-electron chi connectivity index (χ1n) is 11.7. The smallest absolute Gasteiger partial charge is 0.410 e. The highest BCUT2D eigenvalue weighted by atomic mass is 19.3. The number of likely N-dealkylation sites (tertiary alicyclic amines) is 1. The minimum atomic E-state index is -3.22. The van der Waals surface area contributed by atoms with Gasteiger partial charge in [-0.3, -0.25) is 4.68 Å². The molecule has 37 heavy (non-hydrogen) atoms. The molecular formula is C25H30F2N6O4. The summed E-state index contributed by atoms with van der Waals surface area (Å²) in [5, 5.41) is 12.4. The summed E-state index contributed by atoms with van der Waals surface area (Å²) in [5.74, 6) is -2.55. The highest BCUT2D eigenvalue weighted by molar-refractivity contribution is 5.78. The predicted octanol–water partition coefficient (Wildman–Crippen LogP) is 4.39. The van der Waals surface area contributed by atoms with E-state index in [1.807, 2.05) is 18.2 Å². The Labute approximate surface area is 213 Å². The van der Waals surface area contributed by atoms with Gasteiger partial charge in [0.15, 0.2) is 12.6 Å². The SMILES string of the molecule is COCOc1ccccc1-c1cc(-c2cnn(C3CCN(C(=O)OC(C)(C)C)CC3(F)F)c2)c(N)nn1. The Balaban J connectivity index is 1.57. The van der Waals surface area contributed by atoms with Gasteiger partial charge in [0.05, 0.1) is 18.4 Å². The van der Waals surface area contributed by atoms with E-state index in [0.717, 1.165) is 4.90 Å². The van der Waals surface area contributed by atoms with E-state index in [-0.39, 0.29) is 25.6 Å². The molecule has 1 aliphatic heterocycles. The topological polar surface area (TPSA) is 118 Å². The van der Waals surface area contributed by atoms with Crippen LogP contribution in [0.1, 0.15) is 33.2 Å². The number of methoxy groups -OCH3 is 1. The number of nitrogens with two attached hydrogens (primary N) is 1. The van der Waals surface area contributed by atoms with E-state index < -0.39 is 30.2 Å². The van der Waals surface area contributed by atoms with Crippen molar-refractivity contribution in [2.45, 2.75) is 44.8 Å². The molecule has 1 amide bonds. The van der Waals surface area contributed by atoms with E-state index >= 15 is 8.78 Å². The van der Waals surface area contributed by atoms with Gasteiger partial charge in [0.1, 0.15) is 17.4 Å². The first-order chi connectivity index (χ1) is 17.5. The Bertz CT molecular complexity index is 1260. The van der Waals surface area contributed by atoms with Crippen molar-refractivity contribution in [2.75, 3.05) is 32.7 Å². The van der Waals surface area contributed by atoms with Crippen molar-refractivity contribution < 1.29 is 27.8 Å². The minimum Gasteiger partial charge on any atom is -0.467 e. The molecular weight excluding hydrogens is 486 g/mol. The zero-order chi connectivity index (χ0) is 26.8. The fourth-order valence-corrected chi connectivity index (χ4v) is 4.07. The number of benzene rings is 1. The molecule has 198 valence electrons. The fraction of sp³-hybridized carbons (Fsp3) is 0.440. The van der Waals surface area contributed by atoms with E-state index in [9.17, 15) is 4.79 Å². The number of ether oxygens (including phenoxy) is 3. The van der Waals surface area contributed by atoms with E-state index in [2.05, 4.69) is 15.3 Å². The first-order valence-corrected chi connectivity index (χ1v) is 11.7. The highest BCUT2D eigenvalue weighted by Crippen LogP contribution is 2.38. The summed E-state index contributed by atoms with van der Waals surface area (Å²) in [6.07, 6.45) is 2.21. The maximum atomic E-state index is 15.1. The van der Waals surface area contributed by atoms with Crippen LogP contribution in [-0.2, 0) is 9.47 Å². The Morgan fingerprint density at radius 2 is 1.97 bits per heavy atom. The van der Waals surface area contributed by atoms with Crippen LogP contribution in [-0.4, -0.2) is 69.5 Å². The maximum absolute atomic E-state index is 15.1. The van der Waals surface area contributed by atoms with E-state index in [4.69, 9.17) is 19.9 Å². The van der Waals surface area contributed by atoms with Crippen LogP contribution in [0, 0.1) is 0 Å². The molecule has 1 aliphatic rings. The average Bonchev–Trinajstić information content (AvgIpc) is 3.31. The van der Waals surface area contributed by atoms with Crippen molar-refractivity contribution in [2.24, 2.45) is 0 Å². The molecule has 1 fully saturated rings. The van der Waals surface area contributed by atoms with Crippen LogP contribution < -0.4 is 10.5 Å². The van der Waals surface area contributed by atoms with Crippen LogP contribution in [0.15, 0.2) is 42.7 Å². The third kappa shape index (κ3) is 5.96. The van der Waals surface area contributed by atoms with Crippen molar-refractivity contribution in [3.05, 3.63) is 42.7 Å². The van der Waals surface area contributed by atoms with Crippen LogP contribution in [0.4, 0.5) is 19.4 Å². The Morgan fingerprint density at radius 3 is 2.68 bits per heavy atom. The Hall–Kier alpha value is -3.80. The summed E-state index contributed by atoms with van der Waals surface area (Å²) in [4.78, 5) is 13.3. The van der Waals surface area contributed by atoms with Crippen molar-refractivity contribution in [3.63, 3.8) is 0 Å². The number of nitrogens with zero attached hydrogens (tertiary/aromatic N) is 5. The molecule has 1 saturated heterocycles. The lowest BCUT2D eigenvalue weighted by Crippen LogP contribution is -2.52. The number of hydrogen-bond donors (Lipinski definition) is 1. The van der Waals surface area contributed by atoms with Gasteiger partial charge < -0.3 is 24.8 Å². The highest BCUT2D eigenvalue weighted by Gasteiger charge is 2.48. The van der Waals surface area contributed by atoms with E-state index in [1.54, 1.807) is 32.9 Å². The molecule has 3 aromatic rings. The monoisotopic (exact) mass is 516 g/mol. The van der Waals surface area contributed by atoms with Crippen molar-refractivity contribution >= 4 is 11.9 Å². The summed E-state index contributed by atoms with van der Waals surface area (Å²) >= 11 is 0.